The lowest BCUT2D eigenvalue weighted by Crippen LogP contribution is -2.59. The van der Waals surface area contributed by atoms with Crippen molar-refractivity contribution in [3.05, 3.63) is 34.9 Å². The number of nitrogens with two attached hydrogens (primary N) is 1. The van der Waals surface area contributed by atoms with E-state index in [0.29, 0.717) is 24.5 Å². The third-order valence-corrected chi connectivity index (χ3v) is 6.14. The lowest BCUT2D eigenvalue weighted by Gasteiger charge is -2.51. The van der Waals surface area contributed by atoms with Gasteiger partial charge in [0.2, 0.25) is 5.91 Å². The summed E-state index contributed by atoms with van der Waals surface area (Å²) < 4.78 is 0. The van der Waals surface area contributed by atoms with E-state index in [4.69, 9.17) is 17.4 Å². The van der Waals surface area contributed by atoms with Crippen molar-refractivity contribution in [2.24, 2.45) is 11.3 Å². The van der Waals surface area contributed by atoms with Crippen molar-refractivity contribution in [3.63, 3.8) is 0 Å². The van der Waals surface area contributed by atoms with Crippen LogP contribution in [0.15, 0.2) is 24.3 Å². The first-order valence-electron chi connectivity index (χ1n) is 10.5. The fourth-order valence-corrected chi connectivity index (χ4v) is 4.18. The fraction of sp³-hybridized carbons (Fsp3) is 0.636. The minimum atomic E-state index is -1.08. The highest BCUT2D eigenvalue weighted by molar-refractivity contribution is 6.30. The Labute approximate surface area is 189 Å². The summed E-state index contributed by atoms with van der Waals surface area (Å²) in [6.45, 7) is 9.67. The average molecular weight is 455 g/mol. The molecule has 1 aliphatic heterocycles. The van der Waals surface area contributed by atoms with Crippen LogP contribution >= 0.6 is 11.6 Å². The Balaban J connectivity index is 2.04. The molecule has 0 aliphatic carbocycles. The van der Waals surface area contributed by atoms with Gasteiger partial charge in [0.1, 0.15) is 0 Å². The van der Waals surface area contributed by atoms with Crippen molar-refractivity contribution in [2.75, 3.05) is 19.6 Å². The number of nitrogens with one attached hydrogen (secondary N) is 1. The predicted octanol–water partition coefficient (Wildman–Crippen LogP) is 2.22. The molecule has 9 heteroatoms. The lowest BCUT2D eigenvalue weighted by atomic mass is 9.66. The van der Waals surface area contributed by atoms with E-state index >= 15 is 0 Å². The molecule has 0 unspecified atom stereocenters. The molecule has 0 aromatic heterocycles. The Morgan fingerprint density at radius 1 is 1.32 bits per heavy atom. The number of hydrogen-bond acceptors (Lipinski definition) is 5. The maximum atomic E-state index is 13.0. The molecule has 1 aromatic carbocycles. The zero-order chi connectivity index (χ0) is 23.6. The van der Waals surface area contributed by atoms with Gasteiger partial charge in [0.15, 0.2) is 0 Å². The number of hydrazine groups is 1. The summed E-state index contributed by atoms with van der Waals surface area (Å²) in [5, 5.41) is 25.1. The first kappa shape index (κ1) is 25.4. The number of rotatable bonds is 6. The van der Waals surface area contributed by atoms with Gasteiger partial charge in [0.25, 0.3) is 0 Å². The number of benzene rings is 1. The Hall–Kier alpha value is -1.87. The number of carbonyl (C=O) groups is 2. The van der Waals surface area contributed by atoms with Gasteiger partial charge in [-0.3, -0.25) is 9.80 Å². The van der Waals surface area contributed by atoms with Crippen LogP contribution in [0.2, 0.25) is 5.02 Å². The zero-order valence-corrected chi connectivity index (χ0v) is 19.7. The normalized spacial score (nSPS) is 22.0. The number of aliphatic hydroxyl groups excluding tert-OH is 1. The summed E-state index contributed by atoms with van der Waals surface area (Å²) in [6.07, 6.45) is -0.280. The van der Waals surface area contributed by atoms with E-state index in [2.05, 4.69) is 5.32 Å². The van der Waals surface area contributed by atoms with E-state index in [9.17, 15) is 19.8 Å². The molecule has 0 spiro atoms. The summed E-state index contributed by atoms with van der Waals surface area (Å²) >= 11 is 5.99. The van der Waals surface area contributed by atoms with E-state index in [1.807, 2.05) is 26.0 Å². The second-order valence-electron chi connectivity index (χ2n) is 9.81. The SMILES string of the molecule is C[C@@H](O)CN(N)C(=O)NC(C)(C)CC(=O)N1CC[C@](O)(c2ccc(Cl)cc2)C(C)(C)C1. The number of aliphatic hydroxyl groups is 2. The number of carbonyl (C=O) groups excluding carboxylic acids is 2. The minimum absolute atomic E-state index is 0.0144. The van der Waals surface area contributed by atoms with Gasteiger partial charge < -0.3 is 20.4 Å². The molecule has 0 radical (unpaired) electrons. The quantitative estimate of drug-likeness (QED) is 0.298. The fourth-order valence-electron chi connectivity index (χ4n) is 4.06. The average Bonchev–Trinajstić information content (AvgIpc) is 2.63. The predicted molar refractivity (Wildman–Crippen MR) is 120 cm³/mol. The lowest BCUT2D eigenvalue weighted by molar-refractivity contribution is -0.154. The third kappa shape index (κ3) is 6.10. The van der Waals surface area contributed by atoms with Crippen molar-refractivity contribution in [1.29, 1.82) is 0 Å². The van der Waals surface area contributed by atoms with Gasteiger partial charge in [-0.25, -0.2) is 10.6 Å². The molecule has 1 heterocycles. The van der Waals surface area contributed by atoms with Crippen LogP contribution < -0.4 is 11.2 Å². The summed E-state index contributed by atoms with van der Waals surface area (Å²) in [5.74, 6) is 5.54. The summed E-state index contributed by atoms with van der Waals surface area (Å²) in [6, 6.07) is 6.60. The molecule has 0 bridgehead atoms. The van der Waals surface area contributed by atoms with Crippen LogP contribution in [0.4, 0.5) is 4.79 Å². The van der Waals surface area contributed by atoms with Crippen LogP contribution in [0.3, 0.4) is 0 Å². The summed E-state index contributed by atoms with van der Waals surface area (Å²) in [5.41, 5.74) is -1.73. The number of halogens is 1. The van der Waals surface area contributed by atoms with Crippen molar-refractivity contribution < 1.29 is 19.8 Å². The maximum absolute atomic E-state index is 13.0. The molecule has 174 valence electrons. The van der Waals surface area contributed by atoms with Crippen molar-refractivity contribution in [1.82, 2.24) is 15.2 Å². The standard InChI is InChI=1S/C22H35ClN4O4/c1-15(28)13-27(24)19(30)25-21(4,5)12-18(29)26-11-10-22(31,20(2,3)14-26)16-6-8-17(23)9-7-16/h6-9,15,28,31H,10-14,24H2,1-5H3,(H,25,30)/t15-,22+/m1/s1. The number of piperidine rings is 1. The molecular formula is C22H35ClN4O4. The number of likely N-dealkylation sites (tertiary alicyclic amines) is 1. The monoisotopic (exact) mass is 454 g/mol. The van der Waals surface area contributed by atoms with Crippen LogP contribution in [0.5, 0.6) is 0 Å². The highest BCUT2D eigenvalue weighted by Gasteiger charge is 2.49. The first-order valence-corrected chi connectivity index (χ1v) is 10.8. The van der Waals surface area contributed by atoms with E-state index in [1.165, 1.54) is 6.92 Å². The molecule has 0 saturated carbocycles. The molecule has 31 heavy (non-hydrogen) atoms. The van der Waals surface area contributed by atoms with Gasteiger partial charge in [0.05, 0.1) is 18.2 Å². The molecule has 2 rings (SSSR count). The van der Waals surface area contributed by atoms with E-state index < -0.39 is 28.7 Å². The molecular weight excluding hydrogens is 420 g/mol. The Morgan fingerprint density at radius 2 is 1.90 bits per heavy atom. The van der Waals surface area contributed by atoms with Crippen LogP contribution in [-0.2, 0) is 10.4 Å². The number of amides is 3. The van der Waals surface area contributed by atoms with E-state index in [1.54, 1.807) is 30.9 Å². The molecule has 3 amide bonds. The van der Waals surface area contributed by atoms with Gasteiger partial charge in [0, 0.05) is 35.5 Å². The molecule has 1 aliphatic rings. The highest BCUT2D eigenvalue weighted by Crippen LogP contribution is 2.46. The maximum Gasteiger partial charge on any atom is 0.332 e. The summed E-state index contributed by atoms with van der Waals surface area (Å²) in [4.78, 5) is 27.0. The van der Waals surface area contributed by atoms with Gasteiger partial charge in [-0.1, -0.05) is 37.6 Å². The zero-order valence-electron chi connectivity index (χ0n) is 19.0. The van der Waals surface area contributed by atoms with Crippen LogP contribution in [-0.4, -0.2) is 63.3 Å². The van der Waals surface area contributed by atoms with Gasteiger partial charge >= 0.3 is 6.03 Å². The van der Waals surface area contributed by atoms with Crippen LogP contribution in [0.1, 0.15) is 53.0 Å². The second kappa shape index (κ2) is 9.32. The van der Waals surface area contributed by atoms with E-state index in [0.717, 1.165) is 10.6 Å². The number of nitrogens with zero attached hydrogens (tertiary/aromatic N) is 2. The van der Waals surface area contributed by atoms with Crippen LogP contribution in [0.25, 0.3) is 0 Å². The Bertz CT molecular complexity index is 797. The molecule has 8 nitrogen and oxygen atoms in total. The Kier molecular flexibility index (Phi) is 7.63. The summed E-state index contributed by atoms with van der Waals surface area (Å²) in [7, 11) is 0. The van der Waals surface area contributed by atoms with Crippen molar-refractivity contribution >= 4 is 23.5 Å². The topological polar surface area (TPSA) is 119 Å². The van der Waals surface area contributed by atoms with Crippen molar-refractivity contribution in [2.45, 2.75) is 64.7 Å². The van der Waals surface area contributed by atoms with Crippen LogP contribution in [0, 0.1) is 5.41 Å². The third-order valence-electron chi connectivity index (χ3n) is 5.88. The van der Waals surface area contributed by atoms with Gasteiger partial charge in [-0.15, -0.1) is 0 Å². The molecule has 2 atom stereocenters. The minimum Gasteiger partial charge on any atom is -0.392 e. The second-order valence-corrected chi connectivity index (χ2v) is 10.2. The smallest absolute Gasteiger partial charge is 0.332 e. The van der Waals surface area contributed by atoms with Gasteiger partial charge in [-0.05, 0) is 44.9 Å². The van der Waals surface area contributed by atoms with Gasteiger partial charge in [-0.2, -0.15) is 0 Å². The molecule has 1 fully saturated rings. The molecule has 1 aromatic rings. The number of urea groups is 1. The van der Waals surface area contributed by atoms with Crippen molar-refractivity contribution in [3.8, 4) is 0 Å². The highest BCUT2D eigenvalue weighted by atomic mass is 35.5. The first-order chi connectivity index (χ1) is 14.2. The number of hydrogen-bond donors (Lipinski definition) is 4. The largest absolute Gasteiger partial charge is 0.392 e. The Morgan fingerprint density at radius 3 is 2.42 bits per heavy atom. The molecule has 5 N–H and O–H groups in total. The molecule has 1 saturated heterocycles. The van der Waals surface area contributed by atoms with E-state index in [-0.39, 0.29) is 18.9 Å².